The highest BCUT2D eigenvalue weighted by atomic mass is 16.5. The Balaban J connectivity index is 1.86. The zero-order chi connectivity index (χ0) is 17.2. The van der Waals surface area contributed by atoms with Gasteiger partial charge in [-0.1, -0.05) is 19.8 Å². The zero-order valence-electron chi connectivity index (χ0n) is 14.7. The predicted molar refractivity (Wildman–Crippen MR) is 91.4 cm³/mol. The Kier molecular flexibility index (Phi) is 5.09. The molecule has 24 heavy (non-hydrogen) atoms. The average Bonchev–Trinajstić information content (AvgIpc) is 3.09. The molecule has 1 aromatic rings. The van der Waals surface area contributed by atoms with Crippen LogP contribution in [0.25, 0.3) is 0 Å². The minimum atomic E-state index is -0.140. The molecule has 0 aliphatic heterocycles. The lowest BCUT2D eigenvalue weighted by Crippen LogP contribution is -2.65. The van der Waals surface area contributed by atoms with Crippen molar-refractivity contribution < 1.29 is 14.3 Å². The molecule has 5 heteroatoms. The molecular formula is C19H28N2O3. The van der Waals surface area contributed by atoms with Crippen LogP contribution in [0.15, 0.2) is 24.4 Å². The third-order valence-electron chi connectivity index (χ3n) is 5.79. The summed E-state index contributed by atoms with van der Waals surface area (Å²) in [5.74, 6) is -0.140. The fourth-order valence-electron chi connectivity index (χ4n) is 4.67. The minimum absolute atomic E-state index is 0.101. The molecule has 1 aromatic heterocycles. The Morgan fingerprint density at radius 1 is 1.38 bits per heavy atom. The second-order valence-electron chi connectivity index (χ2n) is 7.05. The Bertz CT molecular complexity index is 584. The van der Waals surface area contributed by atoms with Gasteiger partial charge in [0.25, 0.3) is 5.69 Å². The first-order valence-corrected chi connectivity index (χ1v) is 9.24. The summed E-state index contributed by atoms with van der Waals surface area (Å²) in [5.41, 5.74) is 0.322. The molecule has 2 aliphatic rings. The lowest BCUT2D eigenvalue weighted by Gasteiger charge is -2.57. The average molecular weight is 332 g/mol. The SMILES string of the molecule is CCCN(C(=O)c1cccc[n+]1[O-])C1CC(OCC)C12CCCC2. The molecule has 1 heterocycles. The maximum atomic E-state index is 13.1. The predicted octanol–water partition coefficient (Wildman–Crippen LogP) is 2.91. The lowest BCUT2D eigenvalue weighted by molar-refractivity contribution is -0.608. The first-order valence-electron chi connectivity index (χ1n) is 9.24. The number of pyridine rings is 1. The van der Waals surface area contributed by atoms with Crippen molar-refractivity contribution in [3.63, 3.8) is 0 Å². The largest absolute Gasteiger partial charge is 0.618 e. The van der Waals surface area contributed by atoms with Crippen molar-refractivity contribution in [2.45, 2.75) is 64.5 Å². The van der Waals surface area contributed by atoms with Crippen molar-refractivity contribution in [2.24, 2.45) is 5.41 Å². The second kappa shape index (κ2) is 7.09. The highest BCUT2D eigenvalue weighted by Gasteiger charge is 2.59. The number of rotatable bonds is 6. The summed E-state index contributed by atoms with van der Waals surface area (Å²) in [7, 11) is 0. The van der Waals surface area contributed by atoms with Gasteiger partial charge in [-0.15, -0.1) is 0 Å². The molecule has 0 bridgehead atoms. The molecule has 2 fully saturated rings. The van der Waals surface area contributed by atoms with E-state index in [1.807, 2.05) is 11.8 Å². The fourth-order valence-corrected chi connectivity index (χ4v) is 4.67. The third-order valence-corrected chi connectivity index (χ3v) is 5.79. The Hall–Kier alpha value is -1.62. The van der Waals surface area contributed by atoms with Crippen LogP contribution in [0.4, 0.5) is 0 Å². The van der Waals surface area contributed by atoms with Crippen molar-refractivity contribution in [2.75, 3.05) is 13.2 Å². The van der Waals surface area contributed by atoms with Crippen molar-refractivity contribution in [3.8, 4) is 0 Å². The highest BCUT2D eigenvalue weighted by molar-refractivity contribution is 5.91. The number of ether oxygens (including phenoxy) is 1. The molecule has 132 valence electrons. The lowest BCUT2D eigenvalue weighted by atomic mass is 9.59. The van der Waals surface area contributed by atoms with Crippen molar-refractivity contribution in [3.05, 3.63) is 35.3 Å². The standard InChI is InChI=1S/C19H28N2O3/c1-3-12-20(18(22)15-9-5-8-13-21(15)23)16-14-17(24-4-2)19(16)10-6-7-11-19/h5,8-9,13,16-17H,3-4,6-7,10-12,14H2,1-2H3. The quantitative estimate of drug-likeness (QED) is 0.594. The zero-order valence-corrected chi connectivity index (χ0v) is 14.7. The Morgan fingerprint density at radius 2 is 2.12 bits per heavy atom. The molecule has 2 unspecified atom stereocenters. The Morgan fingerprint density at radius 3 is 2.75 bits per heavy atom. The normalized spacial score (nSPS) is 24.8. The van der Waals surface area contributed by atoms with Crippen LogP contribution in [0.1, 0.15) is 62.9 Å². The van der Waals surface area contributed by atoms with E-state index >= 15 is 0 Å². The first-order chi connectivity index (χ1) is 11.6. The van der Waals surface area contributed by atoms with Crippen LogP contribution in [-0.2, 0) is 4.74 Å². The summed E-state index contributed by atoms with van der Waals surface area (Å²) in [6.07, 6.45) is 8.12. The van der Waals surface area contributed by atoms with Gasteiger partial charge in [-0.3, -0.25) is 4.79 Å². The highest BCUT2D eigenvalue weighted by Crippen LogP contribution is 2.56. The molecule has 2 atom stereocenters. The summed E-state index contributed by atoms with van der Waals surface area (Å²) in [6.45, 7) is 5.53. The van der Waals surface area contributed by atoms with Gasteiger partial charge in [-0.2, -0.15) is 4.73 Å². The van der Waals surface area contributed by atoms with Gasteiger partial charge in [0.15, 0.2) is 6.20 Å². The Labute approximate surface area is 144 Å². The van der Waals surface area contributed by atoms with Crippen LogP contribution in [0.3, 0.4) is 0 Å². The molecule has 0 aromatic carbocycles. The van der Waals surface area contributed by atoms with E-state index in [4.69, 9.17) is 4.74 Å². The molecule has 5 nitrogen and oxygen atoms in total. The molecule has 0 N–H and O–H groups in total. The van der Waals surface area contributed by atoms with E-state index in [2.05, 4.69) is 6.92 Å². The van der Waals surface area contributed by atoms with Gasteiger partial charge in [0.2, 0.25) is 0 Å². The van der Waals surface area contributed by atoms with Gasteiger partial charge in [-0.05, 0) is 38.7 Å². The van der Waals surface area contributed by atoms with E-state index in [1.54, 1.807) is 18.2 Å². The van der Waals surface area contributed by atoms with E-state index in [0.717, 1.165) is 32.3 Å². The molecule has 1 amide bonds. The van der Waals surface area contributed by atoms with Gasteiger partial charge in [0, 0.05) is 36.7 Å². The smallest absolute Gasteiger partial charge is 0.320 e. The van der Waals surface area contributed by atoms with Crippen LogP contribution < -0.4 is 4.73 Å². The number of nitrogens with zero attached hydrogens (tertiary/aromatic N) is 2. The van der Waals surface area contributed by atoms with Gasteiger partial charge < -0.3 is 14.8 Å². The summed E-state index contributed by atoms with van der Waals surface area (Å²) < 4.78 is 6.66. The van der Waals surface area contributed by atoms with E-state index < -0.39 is 0 Å². The van der Waals surface area contributed by atoms with Gasteiger partial charge in [-0.25, -0.2) is 0 Å². The first kappa shape index (κ1) is 17.2. The molecule has 0 radical (unpaired) electrons. The van der Waals surface area contributed by atoms with E-state index in [1.165, 1.54) is 19.0 Å². The number of aromatic nitrogens is 1. The topological polar surface area (TPSA) is 56.5 Å². The monoisotopic (exact) mass is 332 g/mol. The molecule has 1 spiro atoms. The van der Waals surface area contributed by atoms with Crippen LogP contribution in [0.5, 0.6) is 0 Å². The summed E-state index contributed by atoms with van der Waals surface area (Å²) in [4.78, 5) is 15.0. The number of hydrogen-bond acceptors (Lipinski definition) is 3. The van der Waals surface area contributed by atoms with E-state index in [-0.39, 0.29) is 29.2 Å². The third kappa shape index (κ3) is 2.79. The van der Waals surface area contributed by atoms with E-state index in [9.17, 15) is 10.0 Å². The van der Waals surface area contributed by atoms with Gasteiger partial charge in [0.1, 0.15) is 0 Å². The molecular weight excluding hydrogens is 304 g/mol. The van der Waals surface area contributed by atoms with Crippen molar-refractivity contribution in [1.29, 1.82) is 0 Å². The second-order valence-corrected chi connectivity index (χ2v) is 7.05. The van der Waals surface area contributed by atoms with Gasteiger partial charge >= 0.3 is 5.91 Å². The molecule has 0 saturated heterocycles. The maximum Gasteiger partial charge on any atom is 0.320 e. The molecule has 2 saturated carbocycles. The van der Waals surface area contributed by atoms with Crippen molar-refractivity contribution in [1.82, 2.24) is 4.90 Å². The molecule has 3 rings (SSSR count). The number of carbonyl (C=O) groups excluding carboxylic acids is 1. The summed E-state index contributed by atoms with van der Waals surface area (Å²) >= 11 is 0. The summed E-state index contributed by atoms with van der Waals surface area (Å²) in [6, 6.07) is 5.23. The van der Waals surface area contributed by atoms with Crippen LogP contribution in [-0.4, -0.2) is 36.1 Å². The van der Waals surface area contributed by atoms with Crippen LogP contribution >= 0.6 is 0 Å². The van der Waals surface area contributed by atoms with Crippen LogP contribution in [0, 0.1) is 10.6 Å². The fraction of sp³-hybridized carbons (Fsp3) is 0.684. The van der Waals surface area contributed by atoms with E-state index in [0.29, 0.717) is 11.3 Å². The minimum Gasteiger partial charge on any atom is -0.618 e. The molecule has 2 aliphatic carbocycles. The summed E-state index contributed by atoms with van der Waals surface area (Å²) in [5, 5.41) is 12.0. The van der Waals surface area contributed by atoms with Crippen LogP contribution in [0.2, 0.25) is 0 Å². The maximum absolute atomic E-state index is 13.1. The number of hydrogen-bond donors (Lipinski definition) is 0. The number of amides is 1. The number of carbonyl (C=O) groups is 1. The van der Waals surface area contributed by atoms with Crippen molar-refractivity contribution >= 4 is 5.91 Å². The van der Waals surface area contributed by atoms with Gasteiger partial charge in [0.05, 0.1) is 6.10 Å².